The molecule has 1 unspecified atom stereocenters. The SMILES string of the molecule is Cc1nn(C2CCS(=O)(=O)C2)c2nc(-c3ccco3)cc(C(=O)N3CCN(c4ccccc4Cl)CC3)c12. The summed E-state index contributed by atoms with van der Waals surface area (Å²) < 4.78 is 31.7. The molecule has 0 radical (unpaired) electrons. The van der Waals surface area contributed by atoms with Crippen LogP contribution in [0.3, 0.4) is 0 Å². The summed E-state index contributed by atoms with van der Waals surface area (Å²) in [5.41, 5.74) is 3.12. The molecule has 9 nitrogen and oxygen atoms in total. The first-order valence-electron chi connectivity index (χ1n) is 12.2. The number of carbonyl (C=O) groups excluding carboxylic acids is 1. The number of furan rings is 1. The smallest absolute Gasteiger partial charge is 0.254 e. The number of sulfone groups is 1. The van der Waals surface area contributed by atoms with Crippen molar-refractivity contribution in [2.45, 2.75) is 19.4 Å². The number of fused-ring (bicyclic) bond motifs is 1. The fraction of sp³-hybridized carbons (Fsp3) is 0.346. The van der Waals surface area contributed by atoms with Crippen molar-refractivity contribution in [1.29, 1.82) is 0 Å². The van der Waals surface area contributed by atoms with Crippen molar-refractivity contribution in [2.24, 2.45) is 0 Å². The third-order valence-electron chi connectivity index (χ3n) is 7.16. The molecule has 192 valence electrons. The molecule has 1 atom stereocenters. The van der Waals surface area contributed by atoms with Gasteiger partial charge in [-0.25, -0.2) is 18.1 Å². The Hall–Kier alpha value is -3.37. The number of para-hydroxylation sites is 1. The quantitative estimate of drug-likeness (QED) is 0.386. The first kappa shape index (κ1) is 24.0. The van der Waals surface area contributed by atoms with Gasteiger partial charge in [0.15, 0.2) is 21.2 Å². The highest BCUT2D eigenvalue weighted by molar-refractivity contribution is 7.91. The molecule has 5 heterocycles. The van der Waals surface area contributed by atoms with Crippen molar-refractivity contribution in [3.8, 4) is 11.5 Å². The van der Waals surface area contributed by atoms with E-state index in [4.69, 9.17) is 21.0 Å². The summed E-state index contributed by atoms with van der Waals surface area (Å²) in [4.78, 5) is 22.7. The highest BCUT2D eigenvalue weighted by atomic mass is 35.5. The van der Waals surface area contributed by atoms with Gasteiger partial charge in [0.1, 0.15) is 5.69 Å². The topological polar surface area (TPSA) is 102 Å². The third-order valence-corrected chi connectivity index (χ3v) is 9.23. The Balaban J connectivity index is 1.37. The molecule has 1 amide bonds. The van der Waals surface area contributed by atoms with Gasteiger partial charge in [0.25, 0.3) is 5.91 Å². The number of aromatic nitrogens is 3. The maximum atomic E-state index is 13.9. The minimum Gasteiger partial charge on any atom is -0.463 e. The van der Waals surface area contributed by atoms with Crippen LogP contribution < -0.4 is 4.90 Å². The first-order valence-corrected chi connectivity index (χ1v) is 14.4. The Bertz CT molecular complexity index is 1590. The van der Waals surface area contributed by atoms with Crippen LogP contribution in [0.4, 0.5) is 5.69 Å². The lowest BCUT2D eigenvalue weighted by atomic mass is 10.1. The van der Waals surface area contributed by atoms with Crippen molar-refractivity contribution in [1.82, 2.24) is 19.7 Å². The molecule has 0 spiro atoms. The van der Waals surface area contributed by atoms with Crippen LogP contribution in [0.25, 0.3) is 22.5 Å². The number of benzene rings is 1. The van der Waals surface area contributed by atoms with Gasteiger partial charge >= 0.3 is 0 Å². The van der Waals surface area contributed by atoms with Crippen molar-refractivity contribution in [3.05, 3.63) is 65.0 Å². The zero-order chi connectivity index (χ0) is 25.7. The minimum atomic E-state index is -3.13. The molecule has 2 aliphatic heterocycles. The van der Waals surface area contributed by atoms with Gasteiger partial charge in [-0.15, -0.1) is 0 Å². The summed E-state index contributed by atoms with van der Waals surface area (Å²) in [5, 5.41) is 6.02. The summed E-state index contributed by atoms with van der Waals surface area (Å²) in [7, 11) is -3.13. The number of aryl methyl sites for hydroxylation is 1. The number of carbonyl (C=O) groups is 1. The van der Waals surface area contributed by atoms with E-state index in [0.717, 1.165) is 5.69 Å². The standard InChI is InChI=1S/C26H26ClN5O4S/c1-17-24-19(26(33)31-11-9-30(10-12-31)22-6-3-2-5-20(22)27)15-21(23-7-4-13-36-23)28-25(24)32(29-17)18-8-14-37(34,35)16-18/h2-7,13,15,18H,8-12,14,16H2,1H3. The molecule has 2 aliphatic rings. The van der Waals surface area contributed by atoms with Crippen LogP contribution in [-0.4, -0.2) is 71.7 Å². The molecule has 0 aliphatic carbocycles. The molecule has 0 bridgehead atoms. The lowest BCUT2D eigenvalue weighted by Gasteiger charge is -2.36. The van der Waals surface area contributed by atoms with Gasteiger partial charge in [0.05, 0.1) is 51.2 Å². The van der Waals surface area contributed by atoms with E-state index < -0.39 is 9.84 Å². The average Bonchev–Trinajstić information content (AvgIpc) is 3.63. The zero-order valence-electron chi connectivity index (χ0n) is 20.3. The van der Waals surface area contributed by atoms with E-state index in [9.17, 15) is 13.2 Å². The highest BCUT2D eigenvalue weighted by Gasteiger charge is 2.33. The van der Waals surface area contributed by atoms with E-state index in [-0.39, 0.29) is 23.5 Å². The average molecular weight is 540 g/mol. The summed E-state index contributed by atoms with van der Waals surface area (Å²) in [6.45, 7) is 4.23. The Labute approximate surface area is 219 Å². The normalized spacial score (nSPS) is 19.6. The van der Waals surface area contributed by atoms with Crippen molar-refractivity contribution >= 4 is 44.1 Å². The molecular weight excluding hydrogens is 514 g/mol. The molecule has 1 aromatic carbocycles. The van der Waals surface area contributed by atoms with E-state index in [1.165, 1.54) is 0 Å². The number of amides is 1. The van der Waals surface area contributed by atoms with Gasteiger partial charge in [-0.1, -0.05) is 23.7 Å². The Morgan fingerprint density at radius 3 is 2.57 bits per heavy atom. The molecule has 11 heteroatoms. The predicted octanol–water partition coefficient (Wildman–Crippen LogP) is 3.98. The fourth-order valence-electron chi connectivity index (χ4n) is 5.28. The Kier molecular flexibility index (Phi) is 5.95. The molecule has 0 N–H and O–H groups in total. The zero-order valence-corrected chi connectivity index (χ0v) is 21.9. The minimum absolute atomic E-state index is 0.0170. The second kappa shape index (κ2) is 9.18. The summed E-state index contributed by atoms with van der Waals surface area (Å²) in [6, 6.07) is 12.7. The van der Waals surface area contributed by atoms with E-state index in [2.05, 4.69) is 10.00 Å². The van der Waals surface area contributed by atoms with Gasteiger partial charge in [-0.3, -0.25) is 4.79 Å². The summed E-state index contributed by atoms with van der Waals surface area (Å²) >= 11 is 6.39. The molecule has 4 aromatic rings. The van der Waals surface area contributed by atoms with Gasteiger partial charge < -0.3 is 14.2 Å². The maximum absolute atomic E-state index is 13.9. The number of anilines is 1. The van der Waals surface area contributed by atoms with Crippen LogP contribution in [0.1, 0.15) is 28.5 Å². The van der Waals surface area contributed by atoms with Crippen LogP contribution in [0.5, 0.6) is 0 Å². The van der Waals surface area contributed by atoms with Crippen LogP contribution in [0, 0.1) is 6.92 Å². The van der Waals surface area contributed by atoms with Gasteiger partial charge in [-0.2, -0.15) is 5.10 Å². The number of rotatable bonds is 4. The Morgan fingerprint density at radius 1 is 1.11 bits per heavy atom. The second-order valence-electron chi connectivity index (χ2n) is 9.55. The van der Waals surface area contributed by atoms with Crippen LogP contribution in [0.15, 0.2) is 53.1 Å². The highest BCUT2D eigenvalue weighted by Crippen LogP contribution is 2.33. The summed E-state index contributed by atoms with van der Waals surface area (Å²) in [6.07, 6.45) is 2.03. The van der Waals surface area contributed by atoms with E-state index >= 15 is 0 Å². The molecule has 2 fully saturated rings. The largest absolute Gasteiger partial charge is 0.463 e. The molecule has 0 saturated carbocycles. The van der Waals surface area contributed by atoms with Gasteiger partial charge in [0.2, 0.25) is 0 Å². The fourth-order valence-corrected chi connectivity index (χ4v) is 7.23. The van der Waals surface area contributed by atoms with Crippen molar-refractivity contribution < 1.29 is 17.6 Å². The predicted molar refractivity (Wildman–Crippen MR) is 142 cm³/mol. The number of nitrogens with zero attached hydrogens (tertiary/aromatic N) is 5. The van der Waals surface area contributed by atoms with E-state index in [1.807, 2.05) is 36.1 Å². The number of hydrogen-bond donors (Lipinski definition) is 0. The Morgan fingerprint density at radius 2 is 1.89 bits per heavy atom. The number of piperazine rings is 1. The summed E-state index contributed by atoms with van der Waals surface area (Å²) in [5.74, 6) is 0.560. The molecule has 37 heavy (non-hydrogen) atoms. The van der Waals surface area contributed by atoms with Crippen molar-refractivity contribution in [2.75, 3.05) is 42.6 Å². The first-order chi connectivity index (χ1) is 17.8. The number of halogens is 1. The van der Waals surface area contributed by atoms with Crippen LogP contribution >= 0.6 is 11.6 Å². The van der Waals surface area contributed by atoms with Gasteiger partial charge in [-0.05, 0) is 43.7 Å². The molecule has 2 saturated heterocycles. The van der Waals surface area contributed by atoms with E-state index in [0.29, 0.717) is 71.4 Å². The lowest BCUT2D eigenvalue weighted by molar-refractivity contribution is 0.0748. The second-order valence-corrected chi connectivity index (χ2v) is 12.2. The molecular formula is C26H26ClN5O4S. The molecule has 3 aromatic heterocycles. The van der Waals surface area contributed by atoms with Crippen LogP contribution in [-0.2, 0) is 9.84 Å². The number of pyridine rings is 1. The monoisotopic (exact) mass is 539 g/mol. The lowest BCUT2D eigenvalue weighted by Crippen LogP contribution is -2.49. The maximum Gasteiger partial charge on any atom is 0.254 e. The molecule has 6 rings (SSSR count). The van der Waals surface area contributed by atoms with Crippen LogP contribution in [0.2, 0.25) is 5.02 Å². The third kappa shape index (κ3) is 4.38. The van der Waals surface area contributed by atoms with E-state index in [1.54, 1.807) is 29.1 Å². The van der Waals surface area contributed by atoms with Crippen molar-refractivity contribution in [3.63, 3.8) is 0 Å². The van der Waals surface area contributed by atoms with Gasteiger partial charge in [0, 0.05) is 26.2 Å². The number of hydrogen-bond acceptors (Lipinski definition) is 7.